The van der Waals surface area contributed by atoms with Crippen molar-refractivity contribution in [3.8, 4) is 5.75 Å². The molecule has 0 N–H and O–H groups in total. The summed E-state index contributed by atoms with van der Waals surface area (Å²) in [5.74, 6) is -0.299. The quantitative estimate of drug-likeness (QED) is 0.778. The van der Waals surface area contributed by atoms with Gasteiger partial charge in [-0.25, -0.2) is 8.78 Å². The standard InChI is InChI=1S/C21H24F2N2O2/c1-27-20-7-5-17(14-19(20)23)15-24-9-11-25(12-10-24)21(26)8-6-16-3-2-4-18(22)13-16/h2-5,7,13-14H,6,8-12,15H2,1H3. The molecule has 3 rings (SSSR count). The highest BCUT2D eigenvalue weighted by Crippen LogP contribution is 2.19. The molecule has 144 valence electrons. The largest absolute Gasteiger partial charge is 0.494 e. The number of piperazine rings is 1. The maximum absolute atomic E-state index is 13.8. The summed E-state index contributed by atoms with van der Waals surface area (Å²) in [7, 11) is 1.45. The van der Waals surface area contributed by atoms with Crippen LogP contribution in [0.2, 0.25) is 0 Å². The average Bonchev–Trinajstić information content (AvgIpc) is 2.67. The van der Waals surface area contributed by atoms with Gasteiger partial charge in [0.1, 0.15) is 5.82 Å². The van der Waals surface area contributed by atoms with Crippen LogP contribution in [0.3, 0.4) is 0 Å². The number of hydrogen-bond donors (Lipinski definition) is 0. The third kappa shape index (κ3) is 5.26. The minimum atomic E-state index is -0.360. The zero-order chi connectivity index (χ0) is 19.2. The van der Waals surface area contributed by atoms with Gasteiger partial charge in [0.25, 0.3) is 0 Å². The van der Waals surface area contributed by atoms with E-state index in [-0.39, 0.29) is 23.3 Å². The summed E-state index contributed by atoms with van der Waals surface area (Å²) in [6.45, 7) is 3.45. The van der Waals surface area contributed by atoms with Crippen LogP contribution in [0, 0.1) is 11.6 Å². The Bertz CT molecular complexity index is 790. The van der Waals surface area contributed by atoms with Crippen LogP contribution in [-0.2, 0) is 17.8 Å². The number of carbonyl (C=O) groups is 1. The number of rotatable bonds is 6. The van der Waals surface area contributed by atoms with Gasteiger partial charge in [0, 0.05) is 39.1 Å². The maximum Gasteiger partial charge on any atom is 0.222 e. The van der Waals surface area contributed by atoms with Crippen molar-refractivity contribution in [2.24, 2.45) is 0 Å². The van der Waals surface area contributed by atoms with Gasteiger partial charge in [-0.15, -0.1) is 0 Å². The van der Waals surface area contributed by atoms with Gasteiger partial charge in [-0.2, -0.15) is 0 Å². The van der Waals surface area contributed by atoms with E-state index >= 15 is 0 Å². The molecule has 0 unspecified atom stereocenters. The lowest BCUT2D eigenvalue weighted by Crippen LogP contribution is -2.48. The van der Waals surface area contributed by atoms with E-state index in [2.05, 4.69) is 4.90 Å². The molecule has 1 amide bonds. The number of halogens is 2. The fourth-order valence-electron chi connectivity index (χ4n) is 3.32. The fourth-order valence-corrected chi connectivity index (χ4v) is 3.32. The monoisotopic (exact) mass is 374 g/mol. The number of hydrogen-bond acceptors (Lipinski definition) is 3. The fraction of sp³-hybridized carbons (Fsp3) is 0.381. The van der Waals surface area contributed by atoms with Crippen molar-refractivity contribution in [3.63, 3.8) is 0 Å². The SMILES string of the molecule is COc1ccc(CN2CCN(C(=O)CCc3cccc(F)c3)CC2)cc1F. The van der Waals surface area contributed by atoms with Gasteiger partial charge in [0.05, 0.1) is 7.11 Å². The third-order valence-electron chi connectivity index (χ3n) is 4.86. The van der Waals surface area contributed by atoms with E-state index in [1.807, 2.05) is 17.0 Å². The van der Waals surface area contributed by atoms with E-state index in [0.29, 0.717) is 32.5 Å². The molecule has 0 bridgehead atoms. The lowest BCUT2D eigenvalue weighted by atomic mass is 10.1. The normalized spacial score (nSPS) is 15.0. The summed E-state index contributed by atoms with van der Waals surface area (Å²) in [5.41, 5.74) is 1.72. The molecule has 1 heterocycles. The predicted molar refractivity (Wildman–Crippen MR) is 99.5 cm³/mol. The first-order valence-corrected chi connectivity index (χ1v) is 9.12. The summed E-state index contributed by atoms with van der Waals surface area (Å²) in [6, 6.07) is 11.4. The summed E-state index contributed by atoms with van der Waals surface area (Å²) in [4.78, 5) is 16.4. The number of methoxy groups -OCH3 is 1. The zero-order valence-corrected chi connectivity index (χ0v) is 15.5. The molecule has 0 atom stereocenters. The molecule has 1 aliphatic heterocycles. The average molecular weight is 374 g/mol. The Labute approximate surface area is 158 Å². The van der Waals surface area contributed by atoms with Gasteiger partial charge in [-0.3, -0.25) is 9.69 Å². The molecule has 2 aromatic carbocycles. The number of aryl methyl sites for hydroxylation is 1. The number of ether oxygens (including phenoxy) is 1. The van der Waals surface area contributed by atoms with Crippen LogP contribution >= 0.6 is 0 Å². The lowest BCUT2D eigenvalue weighted by molar-refractivity contribution is -0.133. The topological polar surface area (TPSA) is 32.8 Å². The molecule has 1 aliphatic rings. The molecular weight excluding hydrogens is 350 g/mol. The zero-order valence-electron chi connectivity index (χ0n) is 15.5. The highest BCUT2D eigenvalue weighted by atomic mass is 19.1. The molecule has 0 radical (unpaired) electrons. The minimum absolute atomic E-state index is 0.0920. The van der Waals surface area contributed by atoms with Crippen molar-refractivity contribution in [2.45, 2.75) is 19.4 Å². The van der Waals surface area contributed by atoms with Crippen molar-refractivity contribution in [1.29, 1.82) is 0 Å². The maximum atomic E-state index is 13.8. The van der Waals surface area contributed by atoms with Gasteiger partial charge in [-0.05, 0) is 41.8 Å². The summed E-state index contributed by atoms with van der Waals surface area (Å²) in [5, 5.41) is 0. The molecule has 0 aromatic heterocycles. The van der Waals surface area contributed by atoms with E-state index in [1.165, 1.54) is 25.3 Å². The van der Waals surface area contributed by atoms with Crippen LogP contribution in [0.5, 0.6) is 5.75 Å². The Kier molecular flexibility index (Phi) is 6.40. The molecule has 1 fully saturated rings. The first-order valence-electron chi connectivity index (χ1n) is 9.12. The molecule has 0 saturated carbocycles. The Balaban J connectivity index is 1.45. The van der Waals surface area contributed by atoms with Gasteiger partial charge in [0.15, 0.2) is 11.6 Å². The molecular formula is C21H24F2N2O2. The van der Waals surface area contributed by atoms with Crippen LogP contribution in [0.1, 0.15) is 17.5 Å². The van der Waals surface area contributed by atoms with Gasteiger partial charge in [0.2, 0.25) is 5.91 Å². The van der Waals surface area contributed by atoms with Crippen LogP contribution in [-0.4, -0.2) is 49.0 Å². The molecule has 6 heteroatoms. The number of amides is 1. The summed E-state index contributed by atoms with van der Waals surface area (Å²) < 4.78 is 31.9. The van der Waals surface area contributed by atoms with Gasteiger partial charge in [-0.1, -0.05) is 18.2 Å². The van der Waals surface area contributed by atoms with Crippen LogP contribution in [0.15, 0.2) is 42.5 Å². The molecule has 2 aromatic rings. The second kappa shape index (κ2) is 8.95. The first kappa shape index (κ1) is 19.3. The third-order valence-corrected chi connectivity index (χ3v) is 4.86. The van der Waals surface area contributed by atoms with Gasteiger partial charge < -0.3 is 9.64 Å². The van der Waals surface area contributed by atoms with E-state index in [4.69, 9.17) is 4.74 Å². The van der Waals surface area contributed by atoms with E-state index in [1.54, 1.807) is 12.1 Å². The summed E-state index contributed by atoms with van der Waals surface area (Å²) >= 11 is 0. The van der Waals surface area contributed by atoms with Crippen molar-refractivity contribution in [2.75, 3.05) is 33.3 Å². The van der Waals surface area contributed by atoms with Crippen LogP contribution in [0.25, 0.3) is 0 Å². The Morgan fingerprint density at radius 2 is 1.81 bits per heavy atom. The first-order chi connectivity index (χ1) is 13.0. The smallest absolute Gasteiger partial charge is 0.222 e. The van der Waals surface area contributed by atoms with Gasteiger partial charge >= 0.3 is 0 Å². The number of benzene rings is 2. The summed E-state index contributed by atoms with van der Waals surface area (Å²) in [6.07, 6.45) is 0.926. The van der Waals surface area contributed by atoms with E-state index < -0.39 is 0 Å². The Morgan fingerprint density at radius 1 is 1.04 bits per heavy atom. The van der Waals surface area contributed by atoms with Crippen molar-refractivity contribution in [3.05, 3.63) is 65.2 Å². The predicted octanol–water partition coefficient (Wildman–Crippen LogP) is 3.25. The second-order valence-corrected chi connectivity index (χ2v) is 6.76. The number of nitrogens with zero attached hydrogens (tertiary/aromatic N) is 2. The molecule has 0 aliphatic carbocycles. The molecule has 27 heavy (non-hydrogen) atoms. The molecule has 0 spiro atoms. The number of carbonyl (C=O) groups excluding carboxylic acids is 1. The van der Waals surface area contributed by atoms with Crippen LogP contribution < -0.4 is 4.74 Å². The van der Waals surface area contributed by atoms with Crippen molar-refractivity contribution >= 4 is 5.91 Å². The van der Waals surface area contributed by atoms with Crippen LogP contribution in [0.4, 0.5) is 8.78 Å². The van der Waals surface area contributed by atoms with E-state index in [0.717, 1.165) is 24.2 Å². The highest BCUT2D eigenvalue weighted by Gasteiger charge is 2.21. The van der Waals surface area contributed by atoms with Crippen molar-refractivity contribution < 1.29 is 18.3 Å². The van der Waals surface area contributed by atoms with E-state index in [9.17, 15) is 13.6 Å². The Hall–Kier alpha value is -2.47. The lowest BCUT2D eigenvalue weighted by Gasteiger charge is -2.35. The molecule has 4 nitrogen and oxygen atoms in total. The highest BCUT2D eigenvalue weighted by molar-refractivity contribution is 5.76. The van der Waals surface area contributed by atoms with Crippen molar-refractivity contribution in [1.82, 2.24) is 9.80 Å². The second-order valence-electron chi connectivity index (χ2n) is 6.76. The minimum Gasteiger partial charge on any atom is -0.494 e. The Morgan fingerprint density at radius 3 is 2.48 bits per heavy atom. The molecule has 1 saturated heterocycles.